The van der Waals surface area contributed by atoms with Crippen molar-refractivity contribution in [2.75, 3.05) is 0 Å². The molecule has 0 aliphatic rings. The molecule has 0 saturated heterocycles. The Balaban J connectivity index is 1.68. The fraction of sp³-hybridized carbons (Fsp3) is 0.250. The van der Waals surface area contributed by atoms with E-state index in [0.717, 1.165) is 0 Å². The summed E-state index contributed by atoms with van der Waals surface area (Å²) in [5.74, 6) is 0. The van der Waals surface area contributed by atoms with Crippen LogP contribution in [-0.2, 0) is 10.8 Å². The van der Waals surface area contributed by atoms with Crippen molar-refractivity contribution in [1.29, 1.82) is 0 Å². The van der Waals surface area contributed by atoms with Crippen molar-refractivity contribution < 1.29 is 0 Å². The van der Waals surface area contributed by atoms with Gasteiger partial charge in [-0.15, -0.1) is 0 Å². The summed E-state index contributed by atoms with van der Waals surface area (Å²) in [6.45, 7) is 23.0. The minimum atomic E-state index is 0.0425. The van der Waals surface area contributed by atoms with Gasteiger partial charge in [0.25, 0.3) is 0 Å². The number of hydrogen-bond donors (Lipinski definition) is 0. The lowest BCUT2D eigenvalue weighted by Gasteiger charge is -2.25. The van der Waals surface area contributed by atoms with Crippen LogP contribution < -0.4 is 0 Å². The van der Waals surface area contributed by atoms with E-state index in [0.29, 0.717) is 0 Å². The Morgan fingerprint density at radius 2 is 0.646 bits per heavy atom. The lowest BCUT2D eigenvalue weighted by molar-refractivity contribution is 0.591. The van der Waals surface area contributed by atoms with Gasteiger partial charge in [0.15, 0.2) is 0 Å². The smallest absolute Gasteiger partial charge is 0.00134 e. The molecule has 0 unspecified atom stereocenters. The van der Waals surface area contributed by atoms with Gasteiger partial charge in [-0.1, -0.05) is 102 Å². The molecule has 0 spiro atoms. The van der Waals surface area contributed by atoms with Crippen LogP contribution in [0, 0.1) is 27.7 Å². The summed E-state index contributed by atoms with van der Waals surface area (Å²) in [6, 6.07) is 37.9. The highest BCUT2D eigenvalue weighted by Gasteiger charge is 2.24. The molecule has 8 aromatic carbocycles. The topological polar surface area (TPSA) is 0 Å². The summed E-state index contributed by atoms with van der Waals surface area (Å²) in [7, 11) is 0. The van der Waals surface area contributed by atoms with Gasteiger partial charge in [-0.3, -0.25) is 0 Å². The van der Waals surface area contributed by atoms with Crippen LogP contribution in [0.1, 0.15) is 74.9 Å². The van der Waals surface area contributed by atoms with E-state index in [1.807, 2.05) is 0 Å². The zero-order chi connectivity index (χ0) is 33.9. The largest absolute Gasteiger partial charge is 0.0617 e. The quantitative estimate of drug-likeness (QED) is 0.133. The Labute approximate surface area is 285 Å². The van der Waals surface area contributed by atoms with Crippen LogP contribution in [0.5, 0.6) is 0 Å². The maximum Gasteiger partial charge on any atom is -0.00134 e. The van der Waals surface area contributed by atoms with E-state index < -0.39 is 0 Å². The molecule has 0 bridgehead atoms. The maximum atomic E-state index is 2.50. The molecule has 0 saturated carbocycles. The zero-order valence-electron chi connectivity index (χ0n) is 30.2. The van der Waals surface area contributed by atoms with E-state index >= 15 is 0 Å². The van der Waals surface area contributed by atoms with Crippen LogP contribution in [0.2, 0.25) is 0 Å². The maximum absolute atomic E-state index is 2.50. The van der Waals surface area contributed by atoms with Gasteiger partial charge in [-0.2, -0.15) is 0 Å². The first-order chi connectivity index (χ1) is 22.7. The van der Waals surface area contributed by atoms with Gasteiger partial charge in [0.1, 0.15) is 0 Å². The van der Waals surface area contributed by atoms with Gasteiger partial charge in [0.05, 0.1) is 0 Å². The summed E-state index contributed by atoms with van der Waals surface area (Å²) >= 11 is 0. The van der Waals surface area contributed by atoms with Crippen molar-refractivity contribution in [3.63, 3.8) is 0 Å². The third-order valence-corrected chi connectivity index (χ3v) is 11.0. The van der Waals surface area contributed by atoms with E-state index in [4.69, 9.17) is 0 Å². The Bertz CT molecular complexity index is 2370. The summed E-state index contributed by atoms with van der Waals surface area (Å²) < 4.78 is 0. The zero-order valence-corrected chi connectivity index (χ0v) is 30.2. The molecule has 0 atom stereocenters. The Morgan fingerprint density at radius 3 is 0.958 bits per heavy atom. The Kier molecular flexibility index (Phi) is 6.64. The van der Waals surface area contributed by atoms with Crippen LogP contribution in [0.15, 0.2) is 97.1 Å². The minimum Gasteiger partial charge on any atom is -0.0617 e. The van der Waals surface area contributed by atoms with Crippen molar-refractivity contribution in [1.82, 2.24) is 0 Å². The van der Waals surface area contributed by atoms with E-state index in [1.54, 1.807) is 0 Å². The molecule has 48 heavy (non-hydrogen) atoms. The molecule has 0 fully saturated rings. The Hall–Kier alpha value is -4.68. The molecule has 238 valence electrons. The van der Waals surface area contributed by atoms with Gasteiger partial charge in [0.2, 0.25) is 0 Å². The second kappa shape index (κ2) is 10.4. The van der Waals surface area contributed by atoms with Crippen molar-refractivity contribution in [2.45, 2.75) is 80.1 Å². The summed E-state index contributed by atoms with van der Waals surface area (Å²) in [4.78, 5) is 0. The highest BCUT2D eigenvalue weighted by molar-refractivity contribution is 6.41. The first-order valence-corrected chi connectivity index (χ1v) is 17.5. The number of fused-ring (bicyclic) bond motifs is 6. The molecule has 0 N–H and O–H groups in total. The number of benzene rings is 8. The van der Waals surface area contributed by atoms with Gasteiger partial charge >= 0.3 is 0 Å². The van der Waals surface area contributed by atoms with Crippen LogP contribution >= 0.6 is 0 Å². The molecular formula is C48H46. The van der Waals surface area contributed by atoms with E-state index in [-0.39, 0.29) is 10.8 Å². The second-order valence-corrected chi connectivity index (χ2v) is 16.4. The number of rotatable bonds is 2. The van der Waals surface area contributed by atoms with Crippen molar-refractivity contribution in [3.8, 4) is 22.3 Å². The number of aryl methyl sites for hydroxylation is 4. The van der Waals surface area contributed by atoms with Gasteiger partial charge in [-0.25, -0.2) is 0 Å². The van der Waals surface area contributed by atoms with E-state index in [1.165, 1.54) is 109 Å². The molecule has 0 nitrogen and oxygen atoms in total. The molecular weight excluding hydrogens is 577 g/mol. The average Bonchev–Trinajstić information content (AvgIpc) is 3.02. The molecule has 0 amide bonds. The highest BCUT2D eigenvalue weighted by atomic mass is 14.3. The Morgan fingerprint density at radius 1 is 0.333 bits per heavy atom. The van der Waals surface area contributed by atoms with Gasteiger partial charge in [-0.05, 0) is 184 Å². The van der Waals surface area contributed by atoms with Crippen molar-refractivity contribution >= 4 is 53.9 Å². The average molecular weight is 623 g/mol. The third-order valence-electron chi connectivity index (χ3n) is 11.0. The summed E-state index contributed by atoms with van der Waals surface area (Å²) in [5.41, 5.74) is 13.4. The minimum absolute atomic E-state index is 0.0425. The SMILES string of the molecule is Cc1cccc(C)c1-c1cc2c3ccc(C(C)(C)C)cc3c3cc(-c4c(C)cccc4C)cc4c5ccc(C(C)(C)C)cc5c(c1)c2c43. The van der Waals surface area contributed by atoms with Gasteiger partial charge in [0, 0.05) is 0 Å². The second-order valence-electron chi connectivity index (χ2n) is 16.4. The van der Waals surface area contributed by atoms with Crippen LogP contribution in [0.4, 0.5) is 0 Å². The summed E-state index contributed by atoms with van der Waals surface area (Å²) in [5, 5.41) is 13.5. The van der Waals surface area contributed by atoms with Crippen molar-refractivity contribution in [3.05, 3.63) is 130 Å². The standard InChI is InChI=1S/C48H46/c1-27-13-11-14-28(2)43(27)31-21-39-35-19-17-34(48(8,9)10)26-38(35)42-24-32(44-29(3)15-12-16-30(44)4)22-40-36-20-18-33(47(5,6)7)25-37(36)41(23-31)45(39)46(40)42/h11-26H,1-10H3. The molecule has 8 aromatic rings. The van der Waals surface area contributed by atoms with Crippen LogP contribution in [0.25, 0.3) is 76.1 Å². The monoisotopic (exact) mass is 622 g/mol. The van der Waals surface area contributed by atoms with Crippen LogP contribution in [-0.4, -0.2) is 0 Å². The lowest BCUT2D eigenvalue weighted by atomic mass is 9.79. The molecule has 8 rings (SSSR count). The first-order valence-electron chi connectivity index (χ1n) is 17.5. The molecule has 0 aliphatic carbocycles. The highest BCUT2D eigenvalue weighted by Crippen LogP contribution is 2.49. The predicted octanol–water partition coefficient (Wildman–Crippen LogP) is 14.1. The van der Waals surface area contributed by atoms with Crippen LogP contribution in [0.3, 0.4) is 0 Å². The fourth-order valence-corrected chi connectivity index (χ4v) is 8.44. The lowest BCUT2D eigenvalue weighted by Crippen LogP contribution is -2.11. The molecule has 0 heteroatoms. The van der Waals surface area contributed by atoms with E-state index in [9.17, 15) is 0 Å². The third kappa shape index (κ3) is 4.56. The molecule has 0 heterocycles. The first kappa shape index (κ1) is 30.6. The van der Waals surface area contributed by atoms with Gasteiger partial charge < -0.3 is 0 Å². The van der Waals surface area contributed by atoms with Crippen molar-refractivity contribution in [2.24, 2.45) is 0 Å². The molecule has 0 aromatic heterocycles. The molecule has 0 aliphatic heterocycles. The molecule has 0 radical (unpaired) electrons. The number of hydrogen-bond acceptors (Lipinski definition) is 0. The van der Waals surface area contributed by atoms with E-state index in [2.05, 4.69) is 166 Å². The summed E-state index contributed by atoms with van der Waals surface area (Å²) in [6.07, 6.45) is 0. The fourth-order valence-electron chi connectivity index (χ4n) is 8.44. The predicted molar refractivity (Wildman–Crippen MR) is 212 cm³/mol. The normalized spacial score (nSPS) is 12.8.